The molecule has 2 atom stereocenters. The summed E-state index contributed by atoms with van der Waals surface area (Å²) >= 11 is 0. The second-order valence-corrected chi connectivity index (χ2v) is 4.89. The Morgan fingerprint density at radius 3 is 2.53 bits per heavy atom. The van der Waals surface area contributed by atoms with Crippen molar-refractivity contribution < 1.29 is 14.3 Å². The van der Waals surface area contributed by atoms with Crippen molar-refractivity contribution >= 4 is 5.97 Å². The van der Waals surface area contributed by atoms with E-state index >= 15 is 0 Å². The van der Waals surface area contributed by atoms with E-state index in [1.54, 1.807) is 0 Å². The van der Waals surface area contributed by atoms with Crippen LogP contribution in [0.5, 0.6) is 5.75 Å². The van der Waals surface area contributed by atoms with E-state index in [9.17, 15) is 4.79 Å². The quantitative estimate of drug-likeness (QED) is 0.808. The van der Waals surface area contributed by atoms with Gasteiger partial charge in [0.1, 0.15) is 11.8 Å². The van der Waals surface area contributed by atoms with Crippen LogP contribution >= 0.6 is 0 Å². The van der Waals surface area contributed by atoms with Gasteiger partial charge in [-0.05, 0) is 38.0 Å². The molecule has 2 N–H and O–H groups in total. The highest BCUT2D eigenvalue weighted by Gasteiger charge is 2.30. The third-order valence-electron chi connectivity index (χ3n) is 3.04. The van der Waals surface area contributed by atoms with Crippen molar-refractivity contribution in [1.29, 1.82) is 0 Å². The zero-order valence-corrected chi connectivity index (χ0v) is 11.5. The fourth-order valence-corrected chi connectivity index (χ4v) is 2.12. The van der Waals surface area contributed by atoms with Gasteiger partial charge in [-0.1, -0.05) is 12.1 Å². The number of benzene rings is 1. The Morgan fingerprint density at radius 2 is 1.95 bits per heavy atom. The molecule has 1 saturated heterocycles. The van der Waals surface area contributed by atoms with Crippen LogP contribution in [0.3, 0.4) is 0 Å². The van der Waals surface area contributed by atoms with Gasteiger partial charge in [-0.25, -0.2) is 10.9 Å². The number of rotatable bonds is 4. The second kappa shape index (κ2) is 6.04. The molecule has 1 aliphatic heterocycles. The highest BCUT2D eigenvalue weighted by atomic mass is 16.5. The SMILES string of the molecule is COC(=O)C1CC(c2ccc(OC(C)C)cc2)NN1. The molecular formula is C14H20N2O3. The minimum absolute atomic E-state index is 0.109. The first-order chi connectivity index (χ1) is 9.10. The van der Waals surface area contributed by atoms with Gasteiger partial charge < -0.3 is 9.47 Å². The molecule has 2 rings (SSSR count). The molecule has 0 saturated carbocycles. The highest BCUT2D eigenvalue weighted by Crippen LogP contribution is 2.24. The molecule has 1 aromatic rings. The first-order valence-corrected chi connectivity index (χ1v) is 6.45. The number of carbonyl (C=O) groups excluding carboxylic acids is 1. The van der Waals surface area contributed by atoms with E-state index in [1.807, 2.05) is 38.1 Å². The average Bonchev–Trinajstić information content (AvgIpc) is 2.87. The van der Waals surface area contributed by atoms with Crippen molar-refractivity contribution in [2.75, 3.05) is 7.11 Å². The van der Waals surface area contributed by atoms with Crippen molar-refractivity contribution in [2.24, 2.45) is 0 Å². The van der Waals surface area contributed by atoms with Crippen molar-refractivity contribution in [3.63, 3.8) is 0 Å². The summed E-state index contributed by atoms with van der Waals surface area (Å²) < 4.78 is 10.3. The van der Waals surface area contributed by atoms with E-state index in [4.69, 9.17) is 9.47 Å². The lowest BCUT2D eigenvalue weighted by molar-refractivity contribution is -0.142. The van der Waals surface area contributed by atoms with E-state index in [0.717, 1.165) is 11.3 Å². The summed E-state index contributed by atoms with van der Waals surface area (Å²) in [4.78, 5) is 11.4. The van der Waals surface area contributed by atoms with Gasteiger partial charge in [0, 0.05) is 6.04 Å². The summed E-state index contributed by atoms with van der Waals surface area (Å²) in [5.41, 5.74) is 7.17. The monoisotopic (exact) mass is 264 g/mol. The van der Waals surface area contributed by atoms with Crippen LogP contribution in [0.2, 0.25) is 0 Å². The van der Waals surface area contributed by atoms with Crippen LogP contribution < -0.4 is 15.6 Å². The highest BCUT2D eigenvalue weighted by molar-refractivity contribution is 5.76. The first-order valence-electron chi connectivity index (χ1n) is 6.45. The van der Waals surface area contributed by atoms with E-state index < -0.39 is 0 Å². The van der Waals surface area contributed by atoms with E-state index in [0.29, 0.717) is 6.42 Å². The Kier molecular flexibility index (Phi) is 4.39. The molecule has 104 valence electrons. The lowest BCUT2D eigenvalue weighted by atomic mass is 10.0. The fourth-order valence-electron chi connectivity index (χ4n) is 2.12. The van der Waals surface area contributed by atoms with Crippen LogP contribution in [-0.4, -0.2) is 25.2 Å². The van der Waals surface area contributed by atoms with Gasteiger partial charge in [0.25, 0.3) is 0 Å². The summed E-state index contributed by atoms with van der Waals surface area (Å²) in [6.07, 6.45) is 0.845. The standard InChI is InChI=1S/C14H20N2O3/c1-9(2)19-11-6-4-10(5-7-11)12-8-13(16-15-12)14(17)18-3/h4-7,9,12-13,15-16H,8H2,1-3H3. The van der Waals surface area contributed by atoms with Gasteiger partial charge in [0.15, 0.2) is 0 Å². The minimum Gasteiger partial charge on any atom is -0.491 e. The maximum Gasteiger partial charge on any atom is 0.324 e. The Hall–Kier alpha value is -1.59. The van der Waals surface area contributed by atoms with Gasteiger partial charge in [-0.2, -0.15) is 0 Å². The van der Waals surface area contributed by atoms with Gasteiger partial charge in [0.2, 0.25) is 0 Å². The molecule has 5 heteroatoms. The summed E-state index contributed by atoms with van der Waals surface area (Å²) in [5, 5.41) is 0. The average molecular weight is 264 g/mol. The molecule has 1 fully saturated rings. The predicted molar refractivity (Wildman–Crippen MR) is 71.6 cm³/mol. The number of ether oxygens (including phenoxy) is 2. The fraction of sp³-hybridized carbons (Fsp3) is 0.500. The summed E-state index contributed by atoms with van der Waals surface area (Å²) in [5.74, 6) is 0.615. The maximum atomic E-state index is 11.4. The van der Waals surface area contributed by atoms with Crippen molar-refractivity contribution in [3.05, 3.63) is 29.8 Å². The van der Waals surface area contributed by atoms with Crippen LogP contribution in [-0.2, 0) is 9.53 Å². The third-order valence-corrected chi connectivity index (χ3v) is 3.04. The van der Waals surface area contributed by atoms with Gasteiger partial charge in [-0.15, -0.1) is 0 Å². The number of hydrogen-bond donors (Lipinski definition) is 2. The van der Waals surface area contributed by atoms with Crippen LogP contribution in [0.25, 0.3) is 0 Å². The lowest BCUT2D eigenvalue weighted by Gasteiger charge is -2.12. The van der Waals surface area contributed by atoms with Gasteiger partial charge >= 0.3 is 5.97 Å². The number of hydrogen-bond acceptors (Lipinski definition) is 5. The molecule has 1 heterocycles. The molecule has 1 aliphatic rings. The summed E-state index contributed by atoms with van der Waals surface area (Å²) in [7, 11) is 1.40. The van der Waals surface area contributed by atoms with Crippen molar-refractivity contribution in [2.45, 2.75) is 38.5 Å². The Bertz CT molecular complexity index is 431. The third kappa shape index (κ3) is 3.45. The van der Waals surface area contributed by atoms with Crippen molar-refractivity contribution in [3.8, 4) is 5.75 Å². The molecule has 0 radical (unpaired) electrons. The minimum atomic E-state index is -0.290. The first kappa shape index (κ1) is 13.8. The van der Waals surface area contributed by atoms with Gasteiger partial charge in [-0.3, -0.25) is 4.79 Å². The molecule has 0 aliphatic carbocycles. The molecule has 0 amide bonds. The van der Waals surface area contributed by atoms with E-state index in [2.05, 4.69) is 10.9 Å². The second-order valence-electron chi connectivity index (χ2n) is 4.89. The van der Waals surface area contributed by atoms with E-state index in [-0.39, 0.29) is 24.2 Å². The predicted octanol–water partition coefficient (Wildman–Crippen LogP) is 1.55. The molecule has 2 unspecified atom stereocenters. The summed E-state index contributed by atoms with van der Waals surface area (Å²) in [6, 6.07) is 7.73. The molecular weight excluding hydrogens is 244 g/mol. The number of nitrogens with one attached hydrogen (secondary N) is 2. The zero-order chi connectivity index (χ0) is 13.8. The van der Waals surface area contributed by atoms with Crippen LogP contribution in [0.1, 0.15) is 31.9 Å². The molecule has 0 spiro atoms. The van der Waals surface area contributed by atoms with Crippen LogP contribution in [0.4, 0.5) is 0 Å². The Morgan fingerprint density at radius 1 is 1.26 bits per heavy atom. The Labute approximate surface area is 113 Å². The molecule has 0 bridgehead atoms. The van der Waals surface area contributed by atoms with Crippen LogP contribution in [0, 0.1) is 0 Å². The largest absolute Gasteiger partial charge is 0.491 e. The molecule has 19 heavy (non-hydrogen) atoms. The molecule has 5 nitrogen and oxygen atoms in total. The number of methoxy groups -OCH3 is 1. The zero-order valence-electron chi connectivity index (χ0n) is 11.5. The van der Waals surface area contributed by atoms with Crippen molar-refractivity contribution in [1.82, 2.24) is 10.9 Å². The molecule has 1 aromatic carbocycles. The maximum absolute atomic E-state index is 11.4. The number of hydrazine groups is 1. The van der Waals surface area contributed by atoms with Gasteiger partial charge in [0.05, 0.1) is 13.2 Å². The smallest absolute Gasteiger partial charge is 0.324 e. The normalized spacial score (nSPS) is 22.5. The number of esters is 1. The molecule has 0 aromatic heterocycles. The number of carbonyl (C=O) groups is 1. The topological polar surface area (TPSA) is 59.6 Å². The van der Waals surface area contributed by atoms with Crippen LogP contribution in [0.15, 0.2) is 24.3 Å². The van der Waals surface area contributed by atoms with E-state index in [1.165, 1.54) is 7.11 Å². The lowest BCUT2D eigenvalue weighted by Crippen LogP contribution is -2.36. The summed E-state index contributed by atoms with van der Waals surface area (Å²) in [6.45, 7) is 3.99. The Balaban J connectivity index is 1.98.